The molecule has 0 heterocycles. The molecule has 0 aromatic rings. The van der Waals surface area contributed by atoms with E-state index in [2.05, 4.69) is 52.5 Å². The molecule has 0 aromatic heterocycles. The molecule has 22 N–H and O–H groups in total. The molecule has 0 spiro atoms. The normalized spacial score (nSPS) is 15.2. The van der Waals surface area contributed by atoms with Gasteiger partial charge in [-0.05, 0) is 63.2 Å². The van der Waals surface area contributed by atoms with E-state index < -0.39 is 139 Å². The molecule has 0 saturated carbocycles. The Morgan fingerprint density at radius 1 is 0.486 bits per heavy atom. The summed E-state index contributed by atoms with van der Waals surface area (Å²) >= 11 is 0. The van der Waals surface area contributed by atoms with Gasteiger partial charge < -0.3 is 91.6 Å². The first-order chi connectivity index (χ1) is 33.6. The lowest BCUT2D eigenvalue weighted by atomic mass is 9.97. The lowest BCUT2D eigenvalue weighted by molar-refractivity contribution is -0.143. The minimum Gasteiger partial charge on any atom is -0.481 e. The Balaban J connectivity index is 6.55. The van der Waals surface area contributed by atoms with Crippen LogP contribution in [0.3, 0.4) is 0 Å². The molecule has 0 rings (SSSR count). The average Bonchev–Trinajstić information content (AvgIpc) is 3.28. The summed E-state index contributed by atoms with van der Waals surface area (Å²) in [6, 6.07) is -13.1. The van der Waals surface area contributed by atoms with Gasteiger partial charge >= 0.3 is 11.9 Å². The molecule has 410 valence electrons. The summed E-state index contributed by atoms with van der Waals surface area (Å²) in [4.78, 5) is 138. The lowest BCUT2D eigenvalue weighted by Gasteiger charge is -2.29. The van der Waals surface area contributed by atoms with Crippen molar-refractivity contribution < 1.29 is 68.4 Å². The number of nitrogens with zero attached hydrogens (tertiary/aromatic N) is 2. The maximum atomic E-state index is 14.1. The molecule has 0 aliphatic rings. The number of carbonyl (C=O) groups is 10. The number of carboxylic acids is 2. The lowest BCUT2D eigenvalue weighted by Crippen LogP contribution is -2.61. The zero-order valence-electron chi connectivity index (χ0n) is 42.1. The first-order valence-electron chi connectivity index (χ1n) is 23.5. The van der Waals surface area contributed by atoms with E-state index in [0.717, 1.165) is 0 Å². The van der Waals surface area contributed by atoms with Crippen LogP contribution in [0.25, 0.3) is 0 Å². The first-order valence-corrected chi connectivity index (χ1v) is 23.5. The number of nitrogens with two attached hydrogens (primary N) is 5. The molecule has 0 aromatic carbocycles. The molecule has 0 fully saturated rings. The molecule has 0 aliphatic heterocycles. The maximum Gasteiger partial charge on any atom is 0.326 e. The van der Waals surface area contributed by atoms with Crippen molar-refractivity contribution in [3.63, 3.8) is 0 Å². The van der Waals surface area contributed by atoms with E-state index in [1.165, 1.54) is 6.92 Å². The molecule has 0 radical (unpaired) electrons. The van der Waals surface area contributed by atoms with Crippen molar-refractivity contribution in [3.05, 3.63) is 0 Å². The molecule has 0 saturated heterocycles. The van der Waals surface area contributed by atoms with Crippen molar-refractivity contribution in [1.29, 1.82) is 0 Å². The van der Waals surface area contributed by atoms with Gasteiger partial charge in [-0.1, -0.05) is 48.0 Å². The van der Waals surface area contributed by atoms with Crippen LogP contribution in [0.2, 0.25) is 0 Å². The fourth-order valence-corrected chi connectivity index (χ4v) is 6.60. The van der Waals surface area contributed by atoms with Crippen molar-refractivity contribution in [2.45, 2.75) is 154 Å². The van der Waals surface area contributed by atoms with Gasteiger partial charge in [0, 0.05) is 13.1 Å². The van der Waals surface area contributed by atoms with Gasteiger partial charge in [-0.2, -0.15) is 0 Å². The Bertz CT molecular complexity index is 1890. The number of rotatable bonds is 35. The SMILES string of the molecule is CC[C@H](C)[C@H](NC(=O)[C@@H](N)CC(=O)O)C(=O)N[C@@H](CCCN=C(N)N)C(=O)N[C@@H](CCCN=C(N)N)C(=O)N[C@@H](CC(C)C)C(=O)N[C@@H](CO)C(=O)N[C@@H](C)C(=O)N[C@@H](CO)C(=O)N[C@@H](CC(C)C)C(=O)O. The van der Waals surface area contributed by atoms with Crippen LogP contribution in [0.1, 0.15) is 99.8 Å². The summed E-state index contributed by atoms with van der Waals surface area (Å²) in [6.45, 7) is 9.53. The molecule has 0 unspecified atom stereocenters. The van der Waals surface area contributed by atoms with Crippen molar-refractivity contribution in [2.75, 3.05) is 26.3 Å². The Morgan fingerprint density at radius 3 is 1.28 bits per heavy atom. The number of aliphatic hydroxyl groups is 2. The highest BCUT2D eigenvalue weighted by Gasteiger charge is 2.35. The average molecular weight is 1030 g/mol. The second kappa shape index (κ2) is 33.7. The molecule has 29 heteroatoms. The fourth-order valence-electron chi connectivity index (χ4n) is 6.60. The number of guanidine groups is 2. The highest BCUT2D eigenvalue weighted by Crippen LogP contribution is 2.12. The summed E-state index contributed by atoms with van der Waals surface area (Å²) in [5.74, 6) is -11.8. The summed E-state index contributed by atoms with van der Waals surface area (Å²) in [5, 5.41) is 57.8. The third kappa shape index (κ3) is 25.8. The van der Waals surface area contributed by atoms with Gasteiger partial charge in [-0.3, -0.25) is 53.1 Å². The van der Waals surface area contributed by atoms with Crippen LogP contribution in [0.4, 0.5) is 0 Å². The van der Waals surface area contributed by atoms with E-state index >= 15 is 0 Å². The van der Waals surface area contributed by atoms with E-state index in [0.29, 0.717) is 6.42 Å². The predicted octanol–water partition coefficient (Wildman–Crippen LogP) is -6.00. The van der Waals surface area contributed by atoms with E-state index in [1.807, 2.05) is 0 Å². The van der Waals surface area contributed by atoms with Gasteiger partial charge in [0.05, 0.1) is 25.7 Å². The maximum absolute atomic E-state index is 14.1. The highest BCUT2D eigenvalue weighted by atomic mass is 16.4. The topological polar surface area (TPSA) is 503 Å². The van der Waals surface area contributed by atoms with Crippen LogP contribution in [0.5, 0.6) is 0 Å². The van der Waals surface area contributed by atoms with E-state index in [9.17, 15) is 63.3 Å². The van der Waals surface area contributed by atoms with Gasteiger partial charge in [0.15, 0.2) is 11.9 Å². The largest absolute Gasteiger partial charge is 0.481 e. The van der Waals surface area contributed by atoms with E-state index in [-0.39, 0.29) is 75.4 Å². The number of carbonyl (C=O) groups excluding carboxylic acids is 8. The molecular weight excluding hydrogens is 951 g/mol. The van der Waals surface area contributed by atoms with Crippen LogP contribution in [0.15, 0.2) is 9.98 Å². The zero-order chi connectivity index (χ0) is 55.4. The summed E-state index contributed by atoms with van der Waals surface area (Å²) in [7, 11) is 0. The molecule has 8 amide bonds. The Kier molecular flexibility index (Phi) is 30.4. The Hall–Kier alpha value is -6.88. The summed E-state index contributed by atoms with van der Waals surface area (Å²) in [6.07, 6.45) is -0.390. The number of amides is 8. The molecule has 0 aliphatic carbocycles. The number of hydrogen-bond donors (Lipinski definition) is 17. The standard InChI is InChI=1S/C43H79N15O14/c1-8-22(6)32(58-34(64)24(44)17-31(61)62)40(70)53-26(12-10-14-50-43(47)48)35(65)52-25(11-9-13-49-42(45)46)36(66)54-27(15-20(2)3)37(67)57-29(18-59)38(68)51-23(7)33(63)56-30(19-60)39(69)55-28(41(71)72)16-21(4)5/h20-30,32,59-60H,8-19,44H2,1-7H3,(H,51,68)(H,52,65)(H,53,70)(H,54,66)(H,55,69)(H,56,63)(H,57,67)(H,58,64)(H,61,62)(H,71,72)(H4,45,46,49)(H4,47,48,50)/t22-,23-,24-,25-,26-,27-,28-,29-,30-,32-/m0/s1. The minimum absolute atomic E-state index is 0.00204. The number of aliphatic imine (C=N–C) groups is 2. The fraction of sp³-hybridized carbons (Fsp3) is 0.721. The molecule has 29 nitrogen and oxygen atoms in total. The molecule has 10 atom stereocenters. The van der Waals surface area contributed by atoms with E-state index in [4.69, 9.17) is 33.8 Å². The number of aliphatic carboxylic acids is 2. The van der Waals surface area contributed by atoms with Gasteiger partial charge in [0.2, 0.25) is 47.3 Å². The van der Waals surface area contributed by atoms with Crippen molar-refractivity contribution in [2.24, 2.45) is 56.4 Å². The summed E-state index contributed by atoms with van der Waals surface area (Å²) < 4.78 is 0. The second-order valence-electron chi connectivity index (χ2n) is 18.0. The molecular formula is C43H79N15O14. The zero-order valence-corrected chi connectivity index (χ0v) is 42.1. The van der Waals surface area contributed by atoms with Crippen LogP contribution in [-0.4, -0.2) is 172 Å². The van der Waals surface area contributed by atoms with Crippen molar-refractivity contribution >= 4 is 71.1 Å². The quantitative estimate of drug-likeness (QED) is 0.0160. The van der Waals surface area contributed by atoms with Gasteiger partial charge in [-0.25, -0.2) is 4.79 Å². The Morgan fingerprint density at radius 2 is 0.861 bits per heavy atom. The van der Waals surface area contributed by atoms with Gasteiger partial charge in [0.1, 0.15) is 48.3 Å². The van der Waals surface area contributed by atoms with Crippen LogP contribution < -0.4 is 71.2 Å². The smallest absolute Gasteiger partial charge is 0.326 e. The Labute approximate surface area is 418 Å². The van der Waals surface area contributed by atoms with Crippen molar-refractivity contribution in [1.82, 2.24) is 42.5 Å². The molecule has 0 bridgehead atoms. The van der Waals surface area contributed by atoms with Crippen LogP contribution in [-0.2, 0) is 47.9 Å². The number of nitrogens with one attached hydrogen (secondary N) is 8. The van der Waals surface area contributed by atoms with Gasteiger partial charge in [-0.15, -0.1) is 0 Å². The summed E-state index contributed by atoms with van der Waals surface area (Å²) in [5.41, 5.74) is 27.6. The third-order valence-electron chi connectivity index (χ3n) is 10.7. The van der Waals surface area contributed by atoms with Crippen LogP contribution >= 0.6 is 0 Å². The monoisotopic (exact) mass is 1030 g/mol. The minimum atomic E-state index is -1.71. The number of hydrogen-bond acceptors (Lipinski definition) is 15. The number of carboxylic acid groups (broad SMARTS) is 2. The van der Waals surface area contributed by atoms with Crippen LogP contribution in [0, 0.1) is 17.8 Å². The van der Waals surface area contributed by atoms with E-state index in [1.54, 1.807) is 41.5 Å². The predicted molar refractivity (Wildman–Crippen MR) is 261 cm³/mol. The highest BCUT2D eigenvalue weighted by molar-refractivity contribution is 5.98. The number of aliphatic hydroxyl groups excluding tert-OH is 2. The van der Waals surface area contributed by atoms with Crippen molar-refractivity contribution in [3.8, 4) is 0 Å². The molecule has 72 heavy (non-hydrogen) atoms. The second-order valence-corrected chi connectivity index (χ2v) is 18.0. The third-order valence-corrected chi connectivity index (χ3v) is 10.7. The first kappa shape index (κ1) is 65.1. The van der Waals surface area contributed by atoms with Gasteiger partial charge in [0.25, 0.3) is 0 Å².